The van der Waals surface area contributed by atoms with Gasteiger partial charge < -0.3 is 19.4 Å². The van der Waals surface area contributed by atoms with Crippen molar-refractivity contribution in [3.8, 4) is 11.5 Å². The second-order valence-electron chi connectivity index (χ2n) is 6.63. The van der Waals surface area contributed by atoms with E-state index in [9.17, 15) is 4.79 Å². The minimum absolute atomic E-state index is 0.155. The summed E-state index contributed by atoms with van der Waals surface area (Å²) in [4.78, 5) is 21.3. The number of hydrogen-bond acceptors (Lipinski definition) is 5. The number of benzene rings is 1. The molecule has 2 heterocycles. The van der Waals surface area contributed by atoms with Crippen molar-refractivity contribution in [2.75, 3.05) is 20.8 Å². The third kappa shape index (κ3) is 3.58. The Morgan fingerprint density at radius 2 is 2.07 bits per heavy atom. The Balaban J connectivity index is 1.40. The Labute approximate surface area is 157 Å². The Morgan fingerprint density at radius 1 is 1.22 bits per heavy atom. The second-order valence-corrected chi connectivity index (χ2v) is 6.63. The van der Waals surface area contributed by atoms with Crippen molar-refractivity contribution in [3.63, 3.8) is 0 Å². The first-order valence-corrected chi connectivity index (χ1v) is 9.01. The summed E-state index contributed by atoms with van der Waals surface area (Å²) >= 11 is 0. The van der Waals surface area contributed by atoms with E-state index in [0.717, 1.165) is 28.2 Å². The number of rotatable bonds is 7. The van der Waals surface area contributed by atoms with E-state index >= 15 is 0 Å². The molecule has 0 aliphatic heterocycles. The number of carbonyl (C=O) groups excluding carboxylic acids is 1. The Bertz CT molecular complexity index is 979. The van der Waals surface area contributed by atoms with Crippen LogP contribution in [-0.4, -0.2) is 41.2 Å². The lowest BCUT2D eigenvalue weighted by Gasteiger charge is -2.11. The monoisotopic (exact) mass is 366 g/mol. The number of hydrogen-bond donors (Lipinski definition) is 1. The Morgan fingerprint density at radius 3 is 2.81 bits per heavy atom. The van der Waals surface area contributed by atoms with E-state index in [2.05, 4.69) is 19.9 Å². The maximum absolute atomic E-state index is 12.4. The lowest BCUT2D eigenvalue weighted by Crippen LogP contribution is -2.26. The van der Waals surface area contributed by atoms with Crippen LogP contribution in [0.5, 0.6) is 11.5 Å². The zero-order chi connectivity index (χ0) is 18.8. The zero-order valence-electron chi connectivity index (χ0n) is 15.4. The van der Waals surface area contributed by atoms with Crippen LogP contribution in [0, 0.1) is 0 Å². The molecular weight excluding hydrogens is 344 g/mol. The average Bonchev–Trinajstić information content (AvgIpc) is 3.46. The number of methoxy groups -OCH3 is 2. The van der Waals surface area contributed by atoms with Crippen LogP contribution in [-0.2, 0) is 6.42 Å². The molecule has 1 saturated carbocycles. The Kier molecular flexibility index (Phi) is 4.66. The smallest absolute Gasteiger partial charge is 0.252 e. The molecule has 0 unspecified atom stereocenters. The van der Waals surface area contributed by atoms with Crippen molar-refractivity contribution in [1.82, 2.24) is 19.9 Å². The number of amides is 1. The largest absolute Gasteiger partial charge is 0.497 e. The van der Waals surface area contributed by atoms with Crippen LogP contribution in [0.1, 0.15) is 34.8 Å². The highest BCUT2D eigenvalue weighted by atomic mass is 16.5. The molecule has 1 aliphatic rings. The van der Waals surface area contributed by atoms with Gasteiger partial charge in [0.25, 0.3) is 5.91 Å². The molecule has 0 bridgehead atoms. The van der Waals surface area contributed by atoms with Gasteiger partial charge in [-0.1, -0.05) is 6.07 Å². The first-order chi connectivity index (χ1) is 13.2. The maximum atomic E-state index is 12.4. The first kappa shape index (κ1) is 17.3. The number of nitrogens with one attached hydrogen (secondary N) is 1. The number of imidazole rings is 1. The van der Waals surface area contributed by atoms with Gasteiger partial charge in [-0.15, -0.1) is 0 Å². The number of ether oxygens (including phenoxy) is 2. The van der Waals surface area contributed by atoms with Crippen LogP contribution >= 0.6 is 0 Å². The summed E-state index contributed by atoms with van der Waals surface area (Å²) in [5.41, 5.74) is 3.13. The van der Waals surface area contributed by atoms with Gasteiger partial charge >= 0.3 is 0 Å². The van der Waals surface area contributed by atoms with E-state index < -0.39 is 0 Å². The topological polar surface area (TPSA) is 78.3 Å². The van der Waals surface area contributed by atoms with Gasteiger partial charge in [0.1, 0.15) is 17.0 Å². The lowest BCUT2D eigenvalue weighted by atomic mass is 10.1. The SMILES string of the molecule is COc1ccc(CCNC(=O)c2cnc3c(c2)ncn3C2CC2)c(OC)c1. The van der Waals surface area contributed by atoms with Gasteiger partial charge in [0.05, 0.1) is 26.1 Å². The summed E-state index contributed by atoms with van der Waals surface area (Å²) in [6.07, 6.45) is 6.43. The highest BCUT2D eigenvalue weighted by Crippen LogP contribution is 2.36. The lowest BCUT2D eigenvalue weighted by molar-refractivity contribution is 0.0954. The summed E-state index contributed by atoms with van der Waals surface area (Å²) in [6.45, 7) is 0.496. The van der Waals surface area contributed by atoms with Crippen molar-refractivity contribution in [2.45, 2.75) is 25.3 Å². The molecule has 1 fully saturated rings. The van der Waals surface area contributed by atoms with E-state index in [-0.39, 0.29) is 5.91 Å². The average molecular weight is 366 g/mol. The fraction of sp³-hybridized carbons (Fsp3) is 0.350. The number of pyridine rings is 1. The fourth-order valence-corrected chi connectivity index (χ4v) is 3.13. The quantitative estimate of drug-likeness (QED) is 0.696. The Hall–Kier alpha value is -3.09. The molecule has 1 amide bonds. The molecule has 1 aromatic carbocycles. The number of nitrogens with zero attached hydrogens (tertiary/aromatic N) is 3. The molecule has 0 atom stereocenters. The normalized spacial score (nSPS) is 13.6. The fourth-order valence-electron chi connectivity index (χ4n) is 3.13. The van der Waals surface area contributed by atoms with E-state index in [1.165, 1.54) is 12.8 Å². The second kappa shape index (κ2) is 7.26. The third-order valence-corrected chi connectivity index (χ3v) is 4.79. The van der Waals surface area contributed by atoms with Crippen molar-refractivity contribution in [3.05, 3.63) is 47.9 Å². The van der Waals surface area contributed by atoms with Gasteiger partial charge in [-0.2, -0.15) is 0 Å². The predicted octanol–water partition coefficient (Wildman–Crippen LogP) is 2.76. The van der Waals surface area contributed by atoms with Crippen molar-refractivity contribution < 1.29 is 14.3 Å². The van der Waals surface area contributed by atoms with Crippen molar-refractivity contribution in [2.24, 2.45) is 0 Å². The van der Waals surface area contributed by atoms with E-state index in [4.69, 9.17) is 9.47 Å². The summed E-state index contributed by atoms with van der Waals surface area (Å²) in [5, 5.41) is 2.93. The van der Waals surface area contributed by atoms with E-state index in [1.807, 2.05) is 24.5 Å². The molecule has 7 nitrogen and oxygen atoms in total. The summed E-state index contributed by atoms with van der Waals surface area (Å²) in [6, 6.07) is 7.98. The van der Waals surface area contributed by atoms with Gasteiger partial charge in [0, 0.05) is 24.8 Å². The standard InChI is InChI=1S/C20H22N4O3/c1-26-16-6-3-13(18(10-16)27-2)7-8-21-20(25)14-9-17-19(22-11-14)24(12-23-17)15-4-5-15/h3,6,9-12,15H,4-5,7-8H2,1-2H3,(H,21,25). The van der Waals surface area contributed by atoms with Crippen LogP contribution in [0.4, 0.5) is 0 Å². The minimum atomic E-state index is -0.155. The predicted molar refractivity (Wildman–Crippen MR) is 101 cm³/mol. The highest BCUT2D eigenvalue weighted by molar-refractivity contribution is 5.96. The third-order valence-electron chi connectivity index (χ3n) is 4.79. The molecule has 1 aliphatic carbocycles. The highest BCUT2D eigenvalue weighted by Gasteiger charge is 2.25. The molecule has 4 rings (SSSR count). The summed E-state index contributed by atoms with van der Waals surface area (Å²) in [5.74, 6) is 1.33. The van der Waals surface area contributed by atoms with Crippen molar-refractivity contribution in [1.29, 1.82) is 0 Å². The van der Waals surface area contributed by atoms with Gasteiger partial charge in [-0.3, -0.25) is 4.79 Å². The minimum Gasteiger partial charge on any atom is -0.497 e. The van der Waals surface area contributed by atoms with Gasteiger partial charge in [-0.25, -0.2) is 9.97 Å². The first-order valence-electron chi connectivity index (χ1n) is 9.01. The van der Waals surface area contributed by atoms with E-state index in [1.54, 1.807) is 26.5 Å². The summed E-state index contributed by atoms with van der Waals surface area (Å²) in [7, 11) is 3.24. The van der Waals surface area contributed by atoms with Crippen LogP contribution < -0.4 is 14.8 Å². The molecule has 2 aromatic heterocycles. The molecule has 3 aromatic rings. The molecule has 7 heteroatoms. The van der Waals surface area contributed by atoms with Crippen LogP contribution in [0.3, 0.4) is 0 Å². The van der Waals surface area contributed by atoms with Gasteiger partial charge in [0.2, 0.25) is 0 Å². The van der Waals surface area contributed by atoms with Crippen LogP contribution in [0.2, 0.25) is 0 Å². The van der Waals surface area contributed by atoms with Crippen molar-refractivity contribution >= 4 is 17.1 Å². The molecule has 1 N–H and O–H groups in total. The summed E-state index contributed by atoms with van der Waals surface area (Å²) < 4.78 is 12.7. The van der Waals surface area contributed by atoms with Gasteiger partial charge in [0.15, 0.2) is 5.65 Å². The molecule has 0 saturated heterocycles. The van der Waals surface area contributed by atoms with Crippen LogP contribution in [0.25, 0.3) is 11.2 Å². The molecule has 0 radical (unpaired) electrons. The van der Waals surface area contributed by atoms with Crippen LogP contribution in [0.15, 0.2) is 36.8 Å². The number of aromatic nitrogens is 3. The molecule has 140 valence electrons. The molecular formula is C20H22N4O3. The zero-order valence-corrected chi connectivity index (χ0v) is 15.4. The number of fused-ring (bicyclic) bond motifs is 1. The number of carbonyl (C=O) groups is 1. The molecule has 0 spiro atoms. The van der Waals surface area contributed by atoms with E-state index in [0.29, 0.717) is 24.6 Å². The maximum Gasteiger partial charge on any atom is 0.252 e. The van der Waals surface area contributed by atoms with Gasteiger partial charge in [-0.05, 0) is 37.0 Å². The molecule has 27 heavy (non-hydrogen) atoms.